The first kappa shape index (κ1) is 18.4. The summed E-state index contributed by atoms with van der Waals surface area (Å²) >= 11 is 0. The molecule has 2 rings (SSSR count). The molecule has 1 heteroatoms. The third-order valence-electron chi connectivity index (χ3n) is 5.32. The first-order valence-corrected chi connectivity index (χ1v) is 9.15. The van der Waals surface area contributed by atoms with Gasteiger partial charge >= 0.3 is 0 Å². The molecule has 0 aliphatic heterocycles. The predicted molar refractivity (Wildman–Crippen MR) is 102 cm³/mol. The van der Waals surface area contributed by atoms with E-state index in [1.54, 1.807) is 0 Å². The van der Waals surface area contributed by atoms with Gasteiger partial charge in [0, 0.05) is 0 Å². The van der Waals surface area contributed by atoms with Gasteiger partial charge < -0.3 is 0 Å². The molecule has 128 valence electrons. The molecule has 0 saturated carbocycles. The summed E-state index contributed by atoms with van der Waals surface area (Å²) in [5.41, 5.74) is 1.37. The summed E-state index contributed by atoms with van der Waals surface area (Å²) in [5, 5.41) is 0. The average Bonchev–Trinajstić information content (AvgIpc) is 2.63. The van der Waals surface area contributed by atoms with E-state index in [1.165, 1.54) is 0 Å². The van der Waals surface area contributed by atoms with Crippen LogP contribution in [0, 0.1) is 0 Å². The van der Waals surface area contributed by atoms with Crippen LogP contribution >= 0.6 is 0 Å². The van der Waals surface area contributed by atoms with Gasteiger partial charge in [-0.25, -0.2) is 0 Å². The lowest BCUT2D eigenvalue weighted by molar-refractivity contribution is -0.130. The predicted octanol–water partition coefficient (Wildman–Crippen LogP) is 6.07. The maximum Gasteiger partial charge on any atom is 0.153 e. The first-order valence-electron chi connectivity index (χ1n) is 9.15. The first-order chi connectivity index (χ1) is 11.5. The van der Waals surface area contributed by atoms with Gasteiger partial charge in [0.2, 0.25) is 0 Å². The Hall–Kier alpha value is -1.89. The van der Waals surface area contributed by atoms with Crippen molar-refractivity contribution < 1.29 is 4.79 Å². The Morgan fingerprint density at radius 2 is 1.04 bits per heavy atom. The van der Waals surface area contributed by atoms with E-state index in [-0.39, 0.29) is 0 Å². The Balaban J connectivity index is 2.54. The molecule has 24 heavy (non-hydrogen) atoms. The molecule has 0 bridgehead atoms. The van der Waals surface area contributed by atoms with E-state index in [0.29, 0.717) is 5.78 Å². The molecule has 2 aromatic carbocycles. The van der Waals surface area contributed by atoms with Gasteiger partial charge in [-0.3, -0.25) is 4.79 Å². The number of carbonyl (C=O) groups excluding carboxylic acids is 1. The van der Waals surface area contributed by atoms with Gasteiger partial charge in [0.25, 0.3) is 0 Å². The highest BCUT2D eigenvalue weighted by Crippen LogP contribution is 2.41. The lowest BCUT2D eigenvalue weighted by atomic mass is 9.62. The van der Waals surface area contributed by atoms with Crippen molar-refractivity contribution >= 4 is 5.78 Å². The van der Waals surface area contributed by atoms with E-state index >= 15 is 0 Å². The molecule has 0 saturated heterocycles. The molecule has 0 aromatic heterocycles. The van der Waals surface area contributed by atoms with Crippen molar-refractivity contribution in [1.29, 1.82) is 0 Å². The quantitative estimate of drug-likeness (QED) is 0.576. The Morgan fingerprint density at radius 1 is 0.708 bits per heavy atom. The van der Waals surface area contributed by atoms with Crippen molar-refractivity contribution in [1.82, 2.24) is 0 Å². The van der Waals surface area contributed by atoms with E-state index < -0.39 is 10.8 Å². The summed E-state index contributed by atoms with van der Waals surface area (Å²) in [7, 11) is 0. The highest BCUT2D eigenvalue weighted by Gasteiger charge is 2.45. The highest BCUT2D eigenvalue weighted by molar-refractivity contribution is 5.98. The van der Waals surface area contributed by atoms with E-state index in [9.17, 15) is 4.79 Å². The van der Waals surface area contributed by atoms with Crippen molar-refractivity contribution in [3.63, 3.8) is 0 Å². The van der Waals surface area contributed by atoms with Gasteiger partial charge in [0.05, 0.1) is 10.8 Å². The smallest absolute Gasteiger partial charge is 0.153 e. The van der Waals surface area contributed by atoms with Gasteiger partial charge in [-0.2, -0.15) is 0 Å². The second kappa shape index (κ2) is 7.79. The summed E-state index contributed by atoms with van der Waals surface area (Å²) in [6, 6.07) is 20.6. The fourth-order valence-corrected chi connectivity index (χ4v) is 4.00. The Bertz CT molecular complexity index is 589. The lowest BCUT2D eigenvalue weighted by Gasteiger charge is -2.39. The third kappa shape index (κ3) is 3.45. The molecule has 2 atom stereocenters. The van der Waals surface area contributed by atoms with Crippen molar-refractivity contribution in [2.45, 2.75) is 64.2 Å². The van der Waals surface area contributed by atoms with E-state index in [1.807, 2.05) is 36.4 Å². The molecule has 1 nitrogen and oxygen atoms in total. The fraction of sp³-hybridized carbons (Fsp3) is 0.435. The number of hydrogen-bond donors (Lipinski definition) is 0. The van der Waals surface area contributed by atoms with E-state index in [2.05, 4.69) is 52.0 Å². The van der Waals surface area contributed by atoms with Gasteiger partial charge in [-0.1, -0.05) is 87.4 Å². The lowest BCUT2D eigenvalue weighted by Crippen LogP contribution is -2.46. The molecule has 0 aliphatic carbocycles. The fourth-order valence-electron chi connectivity index (χ4n) is 4.00. The Labute approximate surface area is 147 Å². The number of Topliss-reactive ketones (excluding diaryl/α,β-unsaturated/α-hetero) is 1. The maximum absolute atomic E-state index is 13.9. The van der Waals surface area contributed by atoms with Crippen LogP contribution in [0.15, 0.2) is 60.7 Å². The molecule has 0 radical (unpaired) electrons. The minimum absolute atomic E-state index is 0.344. The average molecular weight is 322 g/mol. The molecule has 0 heterocycles. The number of benzene rings is 2. The molecular formula is C23H30O. The van der Waals surface area contributed by atoms with E-state index in [4.69, 9.17) is 0 Å². The van der Waals surface area contributed by atoms with E-state index in [0.717, 1.165) is 36.8 Å². The van der Waals surface area contributed by atoms with Crippen LogP contribution in [-0.4, -0.2) is 5.78 Å². The molecule has 0 spiro atoms. The van der Waals surface area contributed by atoms with Crippen LogP contribution in [0.25, 0.3) is 0 Å². The maximum atomic E-state index is 13.9. The zero-order valence-corrected chi connectivity index (χ0v) is 15.5. The molecule has 0 amide bonds. The largest absolute Gasteiger partial charge is 0.298 e. The number of rotatable bonds is 8. The third-order valence-corrected chi connectivity index (χ3v) is 5.32. The highest BCUT2D eigenvalue weighted by atomic mass is 16.1. The summed E-state index contributed by atoms with van der Waals surface area (Å²) in [5.74, 6) is 0.344. The monoisotopic (exact) mass is 322 g/mol. The Kier molecular flexibility index (Phi) is 5.99. The van der Waals surface area contributed by atoms with Gasteiger partial charge in [0.15, 0.2) is 5.78 Å². The summed E-state index contributed by atoms with van der Waals surface area (Å²) in [4.78, 5) is 13.9. The standard InChI is InChI=1S/C23H30O/c1-5-17-22(3,19-13-9-7-10-14-19)21(24)23(4,18-6-2)20-15-11-8-12-16-20/h7-16H,5-6,17-18H2,1-4H3. The molecule has 2 aromatic rings. The van der Waals surface area contributed by atoms with Crippen molar-refractivity contribution in [3.8, 4) is 0 Å². The van der Waals surface area contributed by atoms with Crippen LogP contribution in [0.2, 0.25) is 0 Å². The van der Waals surface area contributed by atoms with Crippen LogP contribution in [0.1, 0.15) is 64.5 Å². The SMILES string of the molecule is CCCC(C)(C(=O)C(C)(CCC)c1ccccc1)c1ccccc1. The number of carbonyl (C=O) groups is 1. The van der Waals surface area contributed by atoms with Crippen LogP contribution in [0.4, 0.5) is 0 Å². The summed E-state index contributed by atoms with van der Waals surface area (Å²) in [6.45, 7) is 8.58. The van der Waals surface area contributed by atoms with Crippen LogP contribution in [0.3, 0.4) is 0 Å². The minimum Gasteiger partial charge on any atom is -0.298 e. The van der Waals surface area contributed by atoms with Crippen molar-refractivity contribution in [2.24, 2.45) is 0 Å². The molecular weight excluding hydrogens is 292 g/mol. The zero-order valence-electron chi connectivity index (χ0n) is 15.5. The summed E-state index contributed by atoms with van der Waals surface area (Å²) in [6.07, 6.45) is 3.74. The van der Waals surface area contributed by atoms with Gasteiger partial charge in [-0.15, -0.1) is 0 Å². The Morgan fingerprint density at radius 3 is 1.33 bits per heavy atom. The number of hydrogen-bond acceptors (Lipinski definition) is 1. The summed E-state index contributed by atoms with van der Waals surface area (Å²) < 4.78 is 0. The van der Waals surface area contributed by atoms with Crippen LogP contribution < -0.4 is 0 Å². The van der Waals surface area contributed by atoms with Gasteiger partial charge in [-0.05, 0) is 37.8 Å². The second-order valence-electron chi connectivity index (χ2n) is 7.23. The van der Waals surface area contributed by atoms with Crippen LogP contribution in [0.5, 0.6) is 0 Å². The molecule has 2 unspecified atom stereocenters. The van der Waals surface area contributed by atoms with Crippen LogP contribution in [-0.2, 0) is 15.6 Å². The van der Waals surface area contributed by atoms with Crippen molar-refractivity contribution in [3.05, 3.63) is 71.8 Å². The normalized spacial score (nSPS) is 16.2. The second-order valence-corrected chi connectivity index (χ2v) is 7.23. The molecule has 0 aliphatic rings. The topological polar surface area (TPSA) is 17.1 Å². The number of ketones is 1. The molecule has 0 N–H and O–H groups in total. The van der Waals surface area contributed by atoms with Gasteiger partial charge in [0.1, 0.15) is 0 Å². The van der Waals surface area contributed by atoms with Crippen molar-refractivity contribution in [2.75, 3.05) is 0 Å². The molecule has 0 fully saturated rings. The minimum atomic E-state index is -0.449. The zero-order chi connectivity index (χ0) is 17.6.